The maximum Gasteiger partial charge on any atom is 0.255 e. The van der Waals surface area contributed by atoms with Gasteiger partial charge in [0, 0.05) is 11.1 Å². The average molecular weight is 279 g/mol. The predicted molar refractivity (Wildman–Crippen MR) is 77.8 cm³/mol. The molecule has 2 aromatic rings. The van der Waals surface area contributed by atoms with E-state index in [0.717, 1.165) is 16.7 Å². The van der Waals surface area contributed by atoms with Crippen molar-refractivity contribution in [2.75, 3.05) is 7.11 Å². The van der Waals surface area contributed by atoms with Crippen molar-refractivity contribution in [2.24, 2.45) is 0 Å². The van der Waals surface area contributed by atoms with Gasteiger partial charge in [0.2, 0.25) is 5.72 Å². The molecule has 0 aromatic heterocycles. The third-order valence-corrected chi connectivity index (χ3v) is 3.96. The van der Waals surface area contributed by atoms with Gasteiger partial charge >= 0.3 is 0 Å². The van der Waals surface area contributed by atoms with Gasteiger partial charge in [-0.15, -0.1) is 0 Å². The number of rotatable bonds is 1. The Bertz CT molecular complexity index is 781. The van der Waals surface area contributed by atoms with Gasteiger partial charge in [0.25, 0.3) is 5.91 Å². The fraction of sp³-hybridized carbons (Fsp3) is 0.118. The minimum atomic E-state index is -1.01. The minimum Gasteiger partial charge on any atom is -0.496 e. The summed E-state index contributed by atoms with van der Waals surface area (Å²) in [5.74, 6) is 0.548. The van der Waals surface area contributed by atoms with Crippen LogP contribution in [-0.2, 0) is 10.5 Å². The molecule has 0 saturated carbocycles. The predicted octanol–water partition coefficient (Wildman–Crippen LogP) is 2.64. The lowest BCUT2D eigenvalue weighted by Gasteiger charge is -2.34. The van der Waals surface area contributed by atoms with E-state index in [9.17, 15) is 4.79 Å². The van der Waals surface area contributed by atoms with E-state index in [0.29, 0.717) is 11.3 Å². The summed E-state index contributed by atoms with van der Waals surface area (Å²) in [4.78, 5) is 12.3. The normalized spacial score (nSPS) is 21.5. The Morgan fingerprint density at radius 2 is 2.00 bits per heavy atom. The van der Waals surface area contributed by atoms with Gasteiger partial charge in [-0.2, -0.15) is 0 Å². The first-order valence-electron chi connectivity index (χ1n) is 6.70. The van der Waals surface area contributed by atoms with Gasteiger partial charge in [-0.1, -0.05) is 30.3 Å². The van der Waals surface area contributed by atoms with Gasteiger partial charge < -0.3 is 14.8 Å². The van der Waals surface area contributed by atoms with Gasteiger partial charge in [0.05, 0.1) is 18.9 Å². The standard InChI is InChI=1S/C17H13NO3/c1-20-14-8-4-5-11-9-10-21-17(15(11)14)13-7-3-2-6-12(13)16(19)18-17/h2-10H,1H3,(H,18,19). The van der Waals surface area contributed by atoms with E-state index in [1.54, 1.807) is 19.4 Å². The van der Waals surface area contributed by atoms with Crippen molar-refractivity contribution in [3.05, 3.63) is 71.0 Å². The summed E-state index contributed by atoms with van der Waals surface area (Å²) in [6.45, 7) is 0. The maximum atomic E-state index is 12.3. The average Bonchev–Trinajstić information content (AvgIpc) is 2.81. The van der Waals surface area contributed by atoms with Gasteiger partial charge in [0.1, 0.15) is 5.75 Å². The van der Waals surface area contributed by atoms with Crippen LogP contribution in [0.15, 0.2) is 48.7 Å². The summed E-state index contributed by atoms with van der Waals surface area (Å²) in [6, 6.07) is 13.2. The van der Waals surface area contributed by atoms with Crippen molar-refractivity contribution >= 4 is 12.0 Å². The van der Waals surface area contributed by atoms with Crippen LogP contribution in [0.25, 0.3) is 6.08 Å². The van der Waals surface area contributed by atoms with E-state index in [4.69, 9.17) is 9.47 Å². The molecule has 2 aromatic carbocycles. The molecule has 104 valence electrons. The largest absolute Gasteiger partial charge is 0.496 e. The zero-order chi connectivity index (χ0) is 14.4. The molecule has 4 heteroatoms. The van der Waals surface area contributed by atoms with E-state index < -0.39 is 5.72 Å². The molecular weight excluding hydrogens is 266 g/mol. The molecule has 0 fully saturated rings. The SMILES string of the molecule is COc1cccc2c1C1(NC(=O)c3ccccc31)OC=C2. The van der Waals surface area contributed by atoms with Crippen LogP contribution >= 0.6 is 0 Å². The van der Waals surface area contributed by atoms with Crippen molar-refractivity contribution in [2.45, 2.75) is 5.72 Å². The first kappa shape index (κ1) is 12.0. The number of benzene rings is 2. The maximum absolute atomic E-state index is 12.3. The summed E-state index contributed by atoms with van der Waals surface area (Å²) in [5, 5.41) is 2.97. The van der Waals surface area contributed by atoms with Crippen LogP contribution in [0.1, 0.15) is 27.0 Å². The van der Waals surface area contributed by atoms with Gasteiger partial charge in [-0.05, 0) is 23.8 Å². The molecule has 21 heavy (non-hydrogen) atoms. The summed E-state index contributed by atoms with van der Waals surface area (Å²) >= 11 is 0. The highest BCUT2D eigenvalue weighted by Crippen LogP contribution is 2.46. The fourth-order valence-electron chi connectivity index (χ4n) is 3.07. The first-order valence-corrected chi connectivity index (χ1v) is 6.70. The number of carbonyl (C=O) groups is 1. The Kier molecular flexibility index (Phi) is 2.36. The molecule has 2 aliphatic rings. The molecule has 1 N–H and O–H groups in total. The molecule has 0 bridgehead atoms. The zero-order valence-electron chi connectivity index (χ0n) is 11.4. The number of hydrogen-bond acceptors (Lipinski definition) is 3. The highest BCUT2D eigenvalue weighted by Gasteiger charge is 2.49. The number of ether oxygens (including phenoxy) is 2. The van der Waals surface area contributed by atoms with E-state index in [1.165, 1.54) is 0 Å². The second-order valence-corrected chi connectivity index (χ2v) is 5.03. The lowest BCUT2D eigenvalue weighted by molar-refractivity contribution is 0.0288. The molecule has 1 atom stereocenters. The van der Waals surface area contributed by atoms with Crippen LogP contribution in [0.4, 0.5) is 0 Å². The number of methoxy groups -OCH3 is 1. The lowest BCUT2D eigenvalue weighted by atomic mass is 9.88. The summed E-state index contributed by atoms with van der Waals surface area (Å²) in [7, 11) is 1.62. The van der Waals surface area contributed by atoms with Crippen molar-refractivity contribution in [1.82, 2.24) is 5.32 Å². The lowest BCUT2D eigenvalue weighted by Crippen LogP contribution is -2.43. The second-order valence-electron chi connectivity index (χ2n) is 5.03. The van der Waals surface area contributed by atoms with Crippen LogP contribution in [0.5, 0.6) is 5.75 Å². The topological polar surface area (TPSA) is 47.6 Å². The molecule has 1 unspecified atom stereocenters. The Morgan fingerprint density at radius 1 is 1.14 bits per heavy atom. The Morgan fingerprint density at radius 3 is 2.86 bits per heavy atom. The monoisotopic (exact) mass is 279 g/mol. The number of fused-ring (bicyclic) bond motifs is 4. The number of carbonyl (C=O) groups excluding carboxylic acids is 1. The van der Waals surface area contributed by atoms with E-state index in [1.807, 2.05) is 42.5 Å². The molecule has 2 heterocycles. The van der Waals surface area contributed by atoms with E-state index >= 15 is 0 Å². The minimum absolute atomic E-state index is 0.141. The second kappa shape index (κ2) is 4.12. The number of hydrogen-bond donors (Lipinski definition) is 1. The molecule has 4 nitrogen and oxygen atoms in total. The Balaban J connectivity index is 2.05. The van der Waals surface area contributed by atoms with E-state index in [2.05, 4.69) is 5.32 Å². The molecule has 0 saturated heterocycles. The van der Waals surface area contributed by atoms with Crippen LogP contribution < -0.4 is 10.1 Å². The van der Waals surface area contributed by atoms with Crippen LogP contribution in [0.3, 0.4) is 0 Å². The number of amides is 1. The van der Waals surface area contributed by atoms with Crippen LogP contribution in [0.2, 0.25) is 0 Å². The molecule has 0 aliphatic carbocycles. The third-order valence-electron chi connectivity index (χ3n) is 3.96. The highest BCUT2D eigenvalue weighted by atomic mass is 16.5. The Labute approximate surface area is 122 Å². The smallest absolute Gasteiger partial charge is 0.255 e. The first-order chi connectivity index (χ1) is 10.3. The molecule has 4 rings (SSSR count). The van der Waals surface area contributed by atoms with Crippen molar-refractivity contribution < 1.29 is 14.3 Å². The summed E-state index contributed by atoms with van der Waals surface area (Å²) in [6.07, 6.45) is 3.49. The molecule has 1 spiro atoms. The third kappa shape index (κ3) is 1.47. The quantitative estimate of drug-likeness (QED) is 0.873. The van der Waals surface area contributed by atoms with E-state index in [-0.39, 0.29) is 5.91 Å². The van der Waals surface area contributed by atoms with Crippen molar-refractivity contribution in [1.29, 1.82) is 0 Å². The summed E-state index contributed by atoms with van der Waals surface area (Å²) < 4.78 is 11.4. The van der Waals surface area contributed by atoms with Crippen LogP contribution in [0, 0.1) is 0 Å². The van der Waals surface area contributed by atoms with Crippen molar-refractivity contribution in [3.8, 4) is 5.75 Å². The zero-order valence-corrected chi connectivity index (χ0v) is 11.4. The number of nitrogens with one attached hydrogen (secondary N) is 1. The Hall–Kier alpha value is -2.75. The molecule has 1 amide bonds. The fourth-order valence-corrected chi connectivity index (χ4v) is 3.07. The van der Waals surface area contributed by atoms with Gasteiger partial charge in [-0.3, -0.25) is 4.79 Å². The molecule has 2 aliphatic heterocycles. The van der Waals surface area contributed by atoms with Gasteiger partial charge in [-0.25, -0.2) is 0 Å². The molecule has 0 radical (unpaired) electrons. The molecular formula is C17H13NO3. The summed E-state index contributed by atoms with van der Waals surface area (Å²) in [5.41, 5.74) is 2.23. The van der Waals surface area contributed by atoms with Crippen LogP contribution in [-0.4, -0.2) is 13.0 Å². The van der Waals surface area contributed by atoms with Crippen molar-refractivity contribution in [3.63, 3.8) is 0 Å². The van der Waals surface area contributed by atoms with Gasteiger partial charge in [0.15, 0.2) is 0 Å². The highest BCUT2D eigenvalue weighted by molar-refractivity contribution is 6.00.